The Balaban J connectivity index is 1.48. The fourth-order valence-corrected chi connectivity index (χ4v) is 5.24. The van der Waals surface area contributed by atoms with Crippen LogP contribution in [0.15, 0.2) is 58.0 Å². The average Bonchev–Trinajstić information content (AvgIpc) is 3.61. The molecule has 2 unspecified atom stereocenters. The first-order valence-electron chi connectivity index (χ1n) is 11.9. The van der Waals surface area contributed by atoms with Gasteiger partial charge in [0, 0.05) is 30.5 Å². The zero-order chi connectivity index (χ0) is 24.5. The molecule has 0 spiro atoms. The number of nitrogens with one attached hydrogen (secondary N) is 1. The molecule has 5 rings (SSSR count). The summed E-state index contributed by atoms with van der Waals surface area (Å²) >= 11 is 0. The highest BCUT2D eigenvalue weighted by Crippen LogP contribution is 2.37. The number of benzene rings is 1. The van der Waals surface area contributed by atoms with Gasteiger partial charge in [-0.3, -0.25) is 14.4 Å². The molecule has 1 aliphatic carbocycles. The van der Waals surface area contributed by atoms with Gasteiger partial charge in [0.2, 0.25) is 5.43 Å². The van der Waals surface area contributed by atoms with Crippen molar-refractivity contribution in [1.29, 1.82) is 0 Å². The maximum atomic E-state index is 13.5. The molecule has 2 bridgehead atoms. The maximum absolute atomic E-state index is 13.5. The quantitative estimate of drug-likeness (QED) is 0.566. The van der Waals surface area contributed by atoms with Gasteiger partial charge in [-0.2, -0.15) is 0 Å². The van der Waals surface area contributed by atoms with Crippen LogP contribution in [0.4, 0.5) is 0 Å². The minimum absolute atomic E-state index is 0.0222. The number of aromatic nitrogens is 1. The topological polar surface area (TPSA) is 93.8 Å². The molecule has 2 atom stereocenters. The Kier molecular flexibility index (Phi) is 6.19. The molecule has 1 aromatic carbocycles. The largest absolute Gasteiger partial charge is 0.496 e. The van der Waals surface area contributed by atoms with Crippen molar-refractivity contribution >= 4 is 11.8 Å². The summed E-state index contributed by atoms with van der Waals surface area (Å²) in [5.41, 5.74) is 0.268. The molecule has 8 nitrogen and oxygen atoms in total. The van der Waals surface area contributed by atoms with Crippen molar-refractivity contribution in [2.75, 3.05) is 13.7 Å². The highest BCUT2D eigenvalue weighted by molar-refractivity contribution is 5.99. The Bertz CT molecular complexity index is 1320. The Labute approximate surface area is 203 Å². The van der Waals surface area contributed by atoms with E-state index in [1.54, 1.807) is 23.9 Å². The van der Waals surface area contributed by atoms with Gasteiger partial charge in [0.25, 0.3) is 11.8 Å². The van der Waals surface area contributed by atoms with Gasteiger partial charge in [-0.05, 0) is 50.3 Å². The fourth-order valence-electron chi connectivity index (χ4n) is 5.24. The van der Waals surface area contributed by atoms with Crippen molar-refractivity contribution in [3.63, 3.8) is 0 Å². The SMILES string of the molecule is COc1ccccc1Cn1cc(C(=O)NCc2ccc(C)o2)c(=O)c(C(=O)N2CC3CCC2C3)c1. The number of likely N-dealkylation sites (tertiary alicyclic amines) is 1. The van der Waals surface area contributed by atoms with E-state index in [4.69, 9.17) is 9.15 Å². The number of hydrogen-bond acceptors (Lipinski definition) is 5. The van der Waals surface area contributed by atoms with E-state index in [2.05, 4.69) is 5.32 Å². The highest BCUT2D eigenvalue weighted by Gasteiger charge is 2.41. The molecule has 2 amide bonds. The van der Waals surface area contributed by atoms with Crippen molar-refractivity contribution in [2.24, 2.45) is 5.92 Å². The number of rotatable bonds is 7. The molecule has 182 valence electrons. The Hall–Kier alpha value is -3.81. The molecule has 3 heterocycles. The summed E-state index contributed by atoms with van der Waals surface area (Å²) in [5.74, 6) is 1.67. The number of furan rings is 1. The first-order valence-corrected chi connectivity index (χ1v) is 11.9. The molecule has 35 heavy (non-hydrogen) atoms. The number of piperidine rings is 1. The molecule has 2 aromatic heterocycles. The van der Waals surface area contributed by atoms with Crippen LogP contribution in [0.2, 0.25) is 0 Å². The van der Waals surface area contributed by atoms with Gasteiger partial charge in [-0.1, -0.05) is 18.2 Å². The van der Waals surface area contributed by atoms with E-state index < -0.39 is 11.3 Å². The van der Waals surface area contributed by atoms with Crippen molar-refractivity contribution in [1.82, 2.24) is 14.8 Å². The summed E-state index contributed by atoms with van der Waals surface area (Å²) in [4.78, 5) is 41.8. The van der Waals surface area contributed by atoms with Crippen LogP contribution >= 0.6 is 0 Å². The number of carbonyl (C=O) groups is 2. The molecule has 2 aliphatic rings. The lowest BCUT2D eigenvalue weighted by Crippen LogP contribution is -2.41. The van der Waals surface area contributed by atoms with E-state index in [0.29, 0.717) is 30.5 Å². The molecule has 2 fully saturated rings. The van der Waals surface area contributed by atoms with Gasteiger partial charge in [0.1, 0.15) is 28.4 Å². The highest BCUT2D eigenvalue weighted by atomic mass is 16.5. The maximum Gasteiger partial charge on any atom is 0.259 e. The smallest absolute Gasteiger partial charge is 0.259 e. The molecule has 3 aromatic rings. The first kappa shape index (κ1) is 23.0. The third-order valence-corrected chi connectivity index (χ3v) is 6.99. The summed E-state index contributed by atoms with van der Waals surface area (Å²) in [5, 5.41) is 2.75. The van der Waals surface area contributed by atoms with Crippen molar-refractivity contribution in [2.45, 2.75) is 45.3 Å². The van der Waals surface area contributed by atoms with Crippen LogP contribution in [0.25, 0.3) is 0 Å². The lowest BCUT2D eigenvalue weighted by atomic mass is 10.1. The number of ether oxygens (including phenoxy) is 1. The van der Waals surface area contributed by atoms with Crippen LogP contribution in [0.1, 0.15) is 57.1 Å². The minimum Gasteiger partial charge on any atom is -0.496 e. The van der Waals surface area contributed by atoms with E-state index >= 15 is 0 Å². The summed E-state index contributed by atoms with van der Waals surface area (Å²) in [6, 6.07) is 11.3. The van der Waals surface area contributed by atoms with Gasteiger partial charge in [0.05, 0.1) is 20.2 Å². The van der Waals surface area contributed by atoms with Gasteiger partial charge >= 0.3 is 0 Å². The van der Waals surface area contributed by atoms with Crippen LogP contribution in [0.3, 0.4) is 0 Å². The number of amides is 2. The number of para-hydroxylation sites is 1. The lowest BCUT2D eigenvalue weighted by Gasteiger charge is -2.27. The van der Waals surface area contributed by atoms with E-state index in [9.17, 15) is 14.4 Å². The number of pyridine rings is 1. The zero-order valence-electron chi connectivity index (χ0n) is 20.0. The number of nitrogens with zero attached hydrogens (tertiary/aromatic N) is 2. The summed E-state index contributed by atoms with van der Waals surface area (Å²) in [6.07, 6.45) is 6.15. The number of carbonyl (C=O) groups excluding carboxylic acids is 2. The van der Waals surface area contributed by atoms with Gasteiger partial charge in [0.15, 0.2) is 0 Å². The molecule has 1 N–H and O–H groups in total. The van der Waals surface area contributed by atoms with Crippen molar-refractivity contribution < 1.29 is 18.7 Å². The van der Waals surface area contributed by atoms with E-state index in [1.165, 1.54) is 6.20 Å². The standard InChI is InChI=1S/C27H29N3O5/c1-17-7-10-21(35-17)12-28-26(32)22-15-29(14-19-5-3-4-6-24(19)34-2)16-23(25(22)31)27(33)30-13-18-8-9-20(30)11-18/h3-7,10,15-16,18,20H,8-9,11-14H2,1-2H3,(H,28,32). The predicted molar refractivity (Wildman–Crippen MR) is 130 cm³/mol. The number of fused-ring (bicyclic) bond motifs is 2. The number of methoxy groups -OCH3 is 1. The molecule has 1 saturated carbocycles. The van der Waals surface area contributed by atoms with Crippen LogP contribution in [0, 0.1) is 12.8 Å². The second-order valence-corrected chi connectivity index (χ2v) is 9.38. The summed E-state index contributed by atoms with van der Waals surface area (Å²) in [6.45, 7) is 2.98. The molecular weight excluding hydrogens is 446 g/mol. The van der Waals surface area contributed by atoms with Gasteiger partial charge in [-0.25, -0.2) is 0 Å². The molecule has 0 radical (unpaired) electrons. The van der Waals surface area contributed by atoms with E-state index in [1.807, 2.05) is 42.2 Å². The van der Waals surface area contributed by atoms with Crippen LogP contribution in [0.5, 0.6) is 5.75 Å². The van der Waals surface area contributed by atoms with Crippen LogP contribution in [-0.2, 0) is 13.1 Å². The lowest BCUT2D eigenvalue weighted by molar-refractivity contribution is 0.0701. The van der Waals surface area contributed by atoms with Crippen LogP contribution < -0.4 is 15.5 Å². The number of hydrogen-bond donors (Lipinski definition) is 1. The van der Waals surface area contributed by atoms with E-state index in [0.717, 1.165) is 30.6 Å². The minimum atomic E-state index is -0.554. The van der Waals surface area contributed by atoms with Gasteiger partial charge < -0.3 is 23.9 Å². The Morgan fingerprint density at radius 1 is 1.11 bits per heavy atom. The predicted octanol–water partition coefficient (Wildman–Crippen LogP) is 3.36. The molecular formula is C27H29N3O5. The second-order valence-electron chi connectivity index (χ2n) is 9.38. The van der Waals surface area contributed by atoms with Crippen molar-refractivity contribution in [3.8, 4) is 5.75 Å². The molecule has 8 heteroatoms. The Morgan fingerprint density at radius 3 is 2.60 bits per heavy atom. The third-order valence-electron chi connectivity index (χ3n) is 6.99. The Morgan fingerprint density at radius 2 is 1.91 bits per heavy atom. The third kappa shape index (κ3) is 4.60. The fraction of sp³-hybridized carbons (Fsp3) is 0.370. The summed E-state index contributed by atoms with van der Waals surface area (Å²) in [7, 11) is 1.59. The molecule has 1 aliphatic heterocycles. The molecule has 1 saturated heterocycles. The monoisotopic (exact) mass is 475 g/mol. The second kappa shape index (κ2) is 9.44. The van der Waals surface area contributed by atoms with Gasteiger partial charge in [-0.15, -0.1) is 0 Å². The van der Waals surface area contributed by atoms with Crippen LogP contribution in [-0.4, -0.2) is 41.0 Å². The van der Waals surface area contributed by atoms with E-state index in [-0.39, 0.29) is 29.6 Å². The zero-order valence-corrected chi connectivity index (χ0v) is 20.0. The average molecular weight is 476 g/mol. The van der Waals surface area contributed by atoms with Crippen molar-refractivity contribution in [3.05, 3.63) is 87.2 Å². The number of aryl methyl sites for hydroxylation is 1. The first-order chi connectivity index (χ1) is 16.9. The summed E-state index contributed by atoms with van der Waals surface area (Å²) < 4.78 is 12.7. The normalized spacial score (nSPS) is 18.6.